The zero-order chi connectivity index (χ0) is 10.8. The largest absolute Gasteiger partial charge is 0.442 e. The molecule has 15 heavy (non-hydrogen) atoms. The second-order valence-electron chi connectivity index (χ2n) is 3.23. The molecule has 0 saturated carbocycles. The highest BCUT2D eigenvalue weighted by molar-refractivity contribution is 6.29. The Morgan fingerprint density at radius 2 is 2.40 bits per heavy atom. The van der Waals surface area contributed by atoms with E-state index in [9.17, 15) is 4.79 Å². The van der Waals surface area contributed by atoms with Gasteiger partial charge >= 0.3 is 0 Å². The first kappa shape index (κ1) is 9.98. The minimum absolute atomic E-state index is 0.102. The van der Waals surface area contributed by atoms with Crippen molar-refractivity contribution in [3.63, 3.8) is 0 Å². The van der Waals surface area contributed by atoms with Gasteiger partial charge in [0.25, 0.3) is 0 Å². The minimum atomic E-state index is -0.102. The highest BCUT2D eigenvalue weighted by Gasteiger charge is 2.12. The maximum Gasteiger partial charge on any atom is 0.202 e. The first-order valence-corrected chi connectivity index (χ1v) is 4.79. The maximum atomic E-state index is 11.6. The molecular formula is C10H9ClN2O2. The van der Waals surface area contributed by atoms with Gasteiger partial charge in [0.1, 0.15) is 0 Å². The number of aromatic nitrogens is 2. The zero-order valence-corrected chi connectivity index (χ0v) is 8.86. The van der Waals surface area contributed by atoms with E-state index in [2.05, 4.69) is 5.10 Å². The molecule has 78 valence electrons. The van der Waals surface area contributed by atoms with Crippen molar-refractivity contribution in [2.45, 2.75) is 6.42 Å². The fourth-order valence-electron chi connectivity index (χ4n) is 1.30. The number of hydrogen-bond acceptors (Lipinski definition) is 3. The summed E-state index contributed by atoms with van der Waals surface area (Å²) in [5.41, 5.74) is 0.857. The van der Waals surface area contributed by atoms with Gasteiger partial charge in [-0.15, -0.1) is 0 Å². The second kappa shape index (κ2) is 3.90. The monoisotopic (exact) mass is 224 g/mol. The van der Waals surface area contributed by atoms with E-state index in [4.69, 9.17) is 16.0 Å². The summed E-state index contributed by atoms with van der Waals surface area (Å²) in [6.07, 6.45) is 3.72. The van der Waals surface area contributed by atoms with Gasteiger partial charge in [0.05, 0.1) is 6.20 Å². The molecule has 0 atom stereocenters. The highest BCUT2D eigenvalue weighted by atomic mass is 35.5. The predicted octanol–water partition coefficient (Wildman–Crippen LogP) is 2.09. The molecule has 0 aliphatic heterocycles. The molecule has 0 fully saturated rings. The van der Waals surface area contributed by atoms with E-state index in [0.29, 0.717) is 0 Å². The van der Waals surface area contributed by atoms with Gasteiger partial charge < -0.3 is 4.42 Å². The van der Waals surface area contributed by atoms with Crippen LogP contribution in [0.4, 0.5) is 0 Å². The number of hydrogen-bond donors (Lipinski definition) is 0. The third-order valence-electron chi connectivity index (χ3n) is 1.97. The van der Waals surface area contributed by atoms with Crippen LogP contribution in [0.15, 0.2) is 28.9 Å². The molecule has 2 aromatic heterocycles. The summed E-state index contributed by atoms with van der Waals surface area (Å²) in [4.78, 5) is 11.6. The molecule has 4 nitrogen and oxygen atoms in total. The van der Waals surface area contributed by atoms with Crippen LogP contribution in [0.1, 0.15) is 16.1 Å². The Labute approximate surface area is 91.4 Å². The predicted molar refractivity (Wildman–Crippen MR) is 55.0 cm³/mol. The van der Waals surface area contributed by atoms with Crippen molar-refractivity contribution in [2.24, 2.45) is 7.05 Å². The van der Waals surface area contributed by atoms with Crippen molar-refractivity contribution >= 4 is 17.4 Å². The lowest BCUT2D eigenvalue weighted by atomic mass is 10.1. The topological polar surface area (TPSA) is 48.0 Å². The summed E-state index contributed by atoms with van der Waals surface area (Å²) >= 11 is 5.58. The minimum Gasteiger partial charge on any atom is -0.442 e. The average Bonchev–Trinajstić information content (AvgIpc) is 2.75. The molecule has 0 aliphatic rings. The molecule has 0 spiro atoms. The number of halogens is 1. The normalized spacial score (nSPS) is 10.5. The Hall–Kier alpha value is -1.55. The standard InChI is InChI=1S/C10H9ClN2O2/c1-13-6-7(5-12-13)4-8(14)9-2-3-10(11)15-9/h2-3,5-6H,4H2,1H3. The number of nitrogens with zero attached hydrogens (tertiary/aromatic N) is 2. The first-order valence-electron chi connectivity index (χ1n) is 4.41. The van der Waals surface area contributed by atoms with E-state index in [1.807, 2.05) is 0 Å². The molecule has 2 aromatic rings. The lowest BCUT2D eigenvalue weighted by molar-refractivity contribution is 0.0966. The van der Waals surface area contributed by atoms with E-state index in [1.165, 1.54) is 0 Å². The van der Waals surface area contributed by atoms with E-state index < -0.39 is 0 Å². The van der Waals surface area contributed by atoms with E-state index in [0.717, 1.165) is 5.56 Å². The molecular weight excluding hydrogens is 216 g/mol. The molecule has 0 aromatic carbocycles. The van der Waals surface area contributed by atoms with Crippen LogP contribution in [0.5, 0.6) is 0 Å². The lowest BCUT2D eigenvalue weighted by Gasteiger charge is -1.93. The summed E-state index contributed by atoms with van der Waals surface area (Å²) in [6.45, 7) is 0. The van der Waals surface area contributed by atoms with Gasteiger partial charge in [-0.1, -0.05) is 0 Å². The van der Waals surface area contributed by atoms with Crippen LogP contribution >= 0.6 is 11.6 Å². The van der Waals surface area contributed by atoms with Crippen molar-refractivity contribution in [2.75, 3.05) is 0 Å². The second-order valence-corrected chi connectivity index (χ2v) is 3.60. The average molecular weight is 225 g/mol. The van der Waals surface area contributed by atoms with Crippen LogP contribution < -0.4 is 0 Å². The third-order valence-corrected chi connectivity index (χ3v) is 2.17. The van der Waals surface area contributed by atoms with Gasteiger partial charge in [0.15, 0.2) is 11.0 Å². The number of carbonyl (C=O) groups is 1. The van der Waals surface area contributed by atoms with Crippen molar-refractivity contribution in [3.05, 3.63) is 41.1 Å². The molecule has 0 amide bonds. The number of aryl methyl sites for hydroxylation is 1. The summed E-state index contributed by atoms with van der Waals surface area (Å²) in [5.74, 6) is 0.179. The highest BCUT2D eigenvalue weighted by Crippen LogP contribution is 2.15. The Morgan fingerprint density at radius 3 is 2.93 bits per heavy atom. The van der Waals surface area contributed by atoms with Crippen molar-refractivity contribution in [3.8, 4) is 0 Å². The fourth-order valence-corrected chi connectivity index (χ4v) is 1.45. The van der Waals surface area contributed by atoms with E-state index in [-0.39, 0.29) is 23.2 Å². The number of furan rings is 1. The Bertz CT molecular complexity index is 487. The van der Waals surface area contributed by atoms with Crippen LogP contribution in [0.2, 0.25) is 5.22 Å². The van der Waals surface area contributed by atoms with Gasteiger partial charge in [0.2, 0.25) is 5.78 Å². The SMILES string of the molecule is Cn1cc(CC(=O)c2ccc(Cl)o2)cn1. The molecule has 0 aliphatic carbocycles. The van der Waals surface area contributed by atoms with Crippen molar-refractivity contribution in [1.82, 2.24) is 9.78 Å². The van der Waals surface area contributed by atoms with Crippen LogP contribution in [0, 0.1) is 0 Å². The summed E-state index contributed by atoms with van der Waals surface area (Å²) in [7, 11) is 1.80. The molecule has 0 bridgehead atoms. The lowest BCUT2D eigenvalue weighted by Crippen LogP contribution is -2.01. The van der Waals surface area contributed by atoms with Gasteiger partial charge in [-0.2, -0.15) is 5.10 Å². The summed E-state index contributed by atoms with van der Waals surface area (Å²) < 4.78 is 6.66. The number of Topliss-reactive ketones (excluding diaryl/α,β-unsaturated/α-hetero) is 1. The number of carbonyl (C=O) groups excluding carboxylic acids is 1. The molecule has 0 N–H and O–H groups in total. The van der Waals surface area contributed by atoms with Crippen LogP contribution in [-0.2, 0) is 13.5 Å². The van der Waals surface area contributed by atoms with Crippen LogP contribution in [0.25, 0.3) is 0 Å². The maximum absolute atomic E-state index is 11.6. The number of rotatable bonds is 3. The van der Waals surface area contributed by atoms with Crippen molar-refractivity contribution < 1.29 is 9.21 Å². The van der Waals surface area contributed by atoms with Gasteiger partial charge in [0, 0.05) is 19.7 Å². The van der Waals surface area contributed by atoms with Gasteiger partial charge in [-0.25, -0.2) is 0 Å². The molecule has 0 radical (unpaired) electrons. The zero-order valence-electron chi connectivity index (χ0n) is 8.11. The Kier molecular flexibility index (Phi) is 2.60. The van der Waals surface area contributed by atoms with E-state index >= 15 is 0 Å². The molecule has 0 saturated heterocycles. The van der Waals surface area contributed by atoms with Crippen LogP contribution in [0.3, 0.4) is 0 Å². The first-order chi connectivity index (χ1) is 7.15. The molecule has 2 rings (SSSR count). The van der Waals surface area contributed by atoms with E-state index in [1.54, 1.807) is 36.3 Å². The molecule has 0 unspecified atom stereocenters. The molecule has 2 heterocycles. The Morgan fingerprint density at radius 1 is 1.60 bits per heavy atom. The summed E-state index contributed by atoms with van der Waals surface area (Å²) in [5, 5.41) is 4.20. The van der Waals surface area contributed by atoms with Gasteiger partial charge in [-0.3, -0.25) is 9.48 Å². The Balaban J connectivity index is 2.10. The fraction of sp³-hybridized carbons (Fsp3) is 0.200. The van der Waals surface area contributed by atoms with Crippen molar-refractivity contribution in [1.29, 1.82) is 0 Å². The quantitative estimate of drug-likeness (QED) is 0.750. The third kappa shape index (κ3) is 2.27. The van der Waals surface area contributed by atoms with Crippen LogP contribution in [-0.4, -0.2) is 15.6 Å². The number of ketones is 1. The summed E-state index contributed by atoms with van der Waals surface area (Å²) in [6, 6.07) is 3.12. The van der Waals surface area contributed by atoms with Gasteiger partial charge in [-0.05, 0) is 29.3 Å². The molecule has 5 heteroatoms. The smallest absolute Gasteiger partial charge is 0.202 e.